The van der Waals surface area contributed by atoms with Crippen molar-refractivity contribution in [1.29, 1.82) is 0 Å². The molecule has 0 aliphatic rings. The fourth-order valence-electron chi connectivity index (χ4n) is 2.20. The van der Waals surface area contributed by atoms with Gasteiger partial charge in [0.15, 0.2) is 11.5 Å². The highest BCUT2D eigenvalue weighted by molar-refractivity contribution is 5.95. The first-order chi connectivity index (χ1) is 11.2. The zero-order valence-corrected chi connectivity index (χ0v) is 14.7. The first kappa shape index (κ1) is 19.1. The van der Waals surface area contributed by atoms with Crippen molar-refractivity contribution < 1.29 is 19.0 Å². The molecule has 5 heteroatoms. The Hall–Kier alpha value is -1.91. The molecule has 0 atom stereocenters. The summed E-state index contributed by atoms with van der Waals surface area (Å²) in [4.78, 5) is 12.3. The smallest absolute Gasteiger partial charge is 0.251 e. The molecular weight excluding hydrogens is 294 g/mol. The van der Waals surface area contributed by atoms with Crippen LogP contribution in [-0.4, -0.2) is 32.3 Å². The third-order valence-electron chi connectivity index (χ3n) is 3.24. The average molecular weight is 323 g/mol. The molecule has 0 saturated carbocycles. The highest BCUT2D eigenvalue weighted by Gasteiger charge is 2.18. The highest BCUT2D eigenvalue weighted by atomic mass is 16.5. The minimum Gasteiger partial charge on any atom is -0.490 e. The zero-order valence-electron chi connectivity index (χ0n) is 14.7. The van der Waals surface area contributed by atoms with Gasteiger partial charge in [0, 0.05) is 12.1 Å². The van der Waals surface area contributed by atoms with E-state index in [1.54, 1.807) is 12.1 Å². The lowest BCUT2D eigenvalue weighted by atomic mass is 10.1. The van der Waals surface area contributed by atoms with Crippen molar-refractivity contribution in [2.75, 3.05) is 26.4 Å². The van der Waals surface area contributed by atoms with E-state index in [1.165, 1.54) is 0 Å². The van der Waals surface area contributed by atoms with Crippen molar-refractivity contribution in [3.8, 4) is 17.2 Å². The Balaban J connectivity index is 3.00. The topological polar surface area (TPSA) is 56.8 Å². The summed E-state index contributed by atoms with van der Waals surface area (Å²) in [5.41, 5.74) is 0.525. The van der Waals surface area contributed by atoms with Gasteiger partial charge < -0.3 is 19.5 Å². The van der Waals surface area contributed by atoms with Crippen LogP contribution in [0.25, 0.3) is 0 Å². The van der Waals surface area contributed by atoms with Crippen LogP contribution in [0, 0.1) is 0 Å². The van der Waals surface area contributed by atoms with Crippen LogP contribution in [-0.2, 0) is 0 Å². The Kier molecular flexibility index (Phi) is 8.95. The number of rotatable bonds is 11. The second-order valence-electron chi connectivity index (χ2n) is 5.06. The molecule has 1 rings (SSSR count). The Morgan fingerprint density at radius 3 is 1.96 bits per heavy atom. The minimum atomic E-state index is -0.119. The molecule has 1 amide bonds. The third kappa shape index (κ3) is 6.00. The van der Waals surface area contributed by atoms with Gasteiger partial charge in [-0.2, -0.15) is 0 Å². The Morgan fingerprint density at radius 2 is 1.48 bits per heavy atom. The Labute approximate surface area is 139 Å². The van der Waals surface area contributed by atoms with Crippen LogP contribution < -0.4 is 19.5 Å². The number of ether oxygens (including phenoxy) is 3. The van der Waals surface area contributed by atoms with Crippen molar-refractivity contribution in [1.82, 2.24) is 5.32 Å². The quantitative estimate of drug-likeness (QED) is 0.629. The fourth-order valence-corrected chi connectivity index (χ4v) is 2.20. The zero-order chi connectivity index (χ0) is 17.1. The number of carbonyl (C=O) groups is 1. The summed E-state index contributed by atoms with van der Waals surface area (Å²) in [6.07, 6.45) is 3.22. The molecule has 23 heavy (non-hydrogen) atoms. The highest BCUT2D eigenvalue weighted by Crippen LogP contribution is 2.39. The summed E-state index contributed by atoms with van der Waals surface area (Å²) in [7, 11) is 0. The number of hydrogen-bond acceptors (Lipinski definition) is 4. The van der Waals surface area contributed by atoms with E-state index in [4.69, 9.17) is 14.2 Å². The van der Waals surface area contributed by atoms with Crippen LogP contribution in [0.15, 0.2) is 12.1 Å². The van der Waals surface area contributed by atoms with Gasteiger partial charge in [-0.25, -0.2) is 0 Å². The Bertz CT molecular complexity index is 461. The lowest BCUT2D eigenvalue weighted by Gasteiger charge is -2.17. The van der Waals surface area contributed by atoms with Gasteiger partial charge in [-0.05, 0) is 39.3 Å². The molecule has 0 unspecified atom stereocenters. The largest absolute Gasteiger partial charge is 0.490 e. The van der Waals surface area contributed by atoms with Gasteiger partial charge in [0.25, 0.3) is 5.91 Å². The van der Waals surface area contributed by atoms with Gasteiger partial charge in [0.2, 0.25) is 5.75 Å². The van der Waals surface area contributed by atoms with E-state index in [1.807, 2.05) is 20.8 Å². The van der Waals surface area contributed by atoms with Gasteiger partial charge in [0.05, 0.1) is 19.8 Å². The standard InChI is InChI=1S/C18H29NO4/c1-5-9-10-11-19-18(20)14-12-15(21-6-2)17(23-8-4)16(13-14)22-7-3/h12-13H,5-11H2,1-4H3,(H,19,20). The monoisotopic (exact) mass is 323 g/mol. The summed E-state index contributed by atoms with van der Waals surface area (Å²) in [5.74, 6) is 1.52. The first-order valence-electron chi connectivity index (χ1n) is 8.52. The fraction of sp³-hybridized carbons (Fsp3) is 0.611. The molecule has 0 aliphatic heterocycles. The SMILES string of the molecule is CCCCCNC(=O)c1cc(OCC)c(OCC)c(OCC)c1. The predicted molar refractivity (Wildman–Crippen MR) is 91.8 cm³/mol. The molecule has 5 nitrogen and oxygen atoms in total. The number of benzene rings is 1. The molecule has 1 aromatic rings. The third-order valence-corrected chi connectivity index (χ3v) is 3.24. The van der Waals surface area contributed by atoms with Crippen molar-refractivity contribution in [2.24, 2.45) is 0 Å². The second-order valence-corrected chi connectivity index (χ2v) is 5.06. The molecule has 0 fully saturated rings. The van der Waals surface area contributed by atoms with Crippen LogP contribution in [0.3, 0.4) is 0 Å². The maximum Gasteiger partial charge on any atom is 0.251 e. The molecule has 0 bridgehead atoms. The number of nitrogens with one attached hydrogen (secondary N) is 1. The van der Waals surface area contributed by atoms with E-state index in [0.29, 0.717) is 49.2 Å². The van der Waals surface area contributed by atoms with Crippen LogP contribution in [0.1, 0.15) is 57.3 Å². The summed E-state index contributed by atoms with van der Waals surface area (Å²) < 4.78 is 16.9. The van der Waals surface area contributed by atoms with E-state index in [0.717, 1.165) is 19.3 Å². The van der Waals surface area contributed by atoms with Gasteiger partial charge in [-0.3, -0.25) is 4.79 Å². The molecule has 0 aliphatic carbocycles. The molecule has 0 radical (unpaired) electrons. The molecule has 1 N–H and O–H groups in total. The van der Waals surface area contributed by atoms with E-state index >= 15 is 0 Å². The Morgan fingerprint density at radius 1 is 0.913 bits per heavy atom. The van der Waals surface area contributed by atoms with Gasteiger partial charge in [-0.15, -0.1) is 0 Å². The predicted octanol–water partition coefficient (Wildman–Crippen LogP) is 3.80. The maximum atomic E-state index is 12.3. The van der Waals surface area contributed by atoms with Crippen molar-refractivity contribution in [2.45, 2.75) is 47.0 Å². The number of carbonyl (C=O) groups excluding carboxylic acids is 1. The van der Waals surface area contributed by atoms with Crippen molar-refractivity contribution in [3.05, 3.63) is 17.7 Å². The molecule has 0 spiro atoms. The minimum absolute atomic E-state index is 0.119. The molecular formula is C18H29NO4. The van der Waals surface area contributed by atoms with Crippen molar-refractivity contribution >= 4 is 5.91 Å². The van der Waals surface area contributed by atoms with E-state index in [-0.39, 0.29) is 5.91 Å². The molecule has 0 aromatic heterocycles. The van der Waals surface area contributed by atoms with Gasteiger partial charge in [0.1, 0.15) is 0 Å². The molecule has 1 aromatic carbocycles. The summed E-state index contributed by atoms with van der Waals surface area (Å²) in [5, 5.41) is 2.93. The van der Waals surface area contributed by atoms with Crippen LogP contribution in [0.5, 0.6) is 17.2 Å². The summed E-state index contributed by atoms with van der Waals surface area (Å²) >= 11 is 0. The van der Waals surface area contributed by atoms with Crippen LogP contribution in [0.2, 0.25) is 0 Å². The second kappa shape index (κ2) is 10.8. The maximum absolute atomic E-state index is 12.3. The number of unbranched alkanes of at least 4 members (excludes halogenated alkanes) is 2. The molecule has 0 saturated heterocycles. The lowest BCUT2D eigenvalue weighted by Crippen LogP contribution is -2.24. The number of hydrogen-bond donors (Lipinski definition) is 1. The molecule has 130 valence electrons. The van der Waals surface area contributed by atoms with Crippen LogP contribution in [0.4, 0.5) is 0 Å². The normalized spacial score (nSPS) is 10.3. The van der Waals surface area contributed by atoms with E-state index in [9.17, 15) is 4.79 Å². The summed E-state index contributed by atoms with van der Waals surface area (Å²) in [6, 6.07) is 3.43. The first-order valence-corrected chi connectivity index (χ1v) is 8.52. The van der Waals surface area contributed by atoms with Gasteiger partial charge in [-0.1, -0.05) is 19.8 Å². The lowest BCUT2D eigenvalue weighted by molar-refractivity contribution is 0.0952. The average Bonchev–Trinajstić information content (AvgIpc) is 2.54. The molecule has 0 heterocycles. The van der Waals surface area contributed by atoms with E-state index in [2.05, 4.69) is 12.2 Å². The van der Waals surface area contributed by atoms with Crippen LogP contribution >= 0.6 is 0 Å². The van der Waals surface area contributed by atoms with Crippen molar-refractivity contribution in [3.63, 3.8) is 0 Å². The number of amides is 1. The van der Waals surface area contributed by atoms with Gasteiger partial charge >= 0.3 is 0 Å². The van der Waals surface area contributed by atoms with E-state index < -0.39 is 0 Å². The summed E-state index contributed by atoms with van der Waals surface area (Å²) in [6.45, 7) is 9.99.